The van der Waals surface area contributed by atoms with Crippen LogP contribution >= 0.6 is 0 Å². The first-order chi connectivity index (χ1) is 16.3. The molecule has 34 heavy (non-hydrogen) atoms. The van der Waals surface area contributed by atoms with Crippen LogP contribution in [0.25, 0.3) is 0 Å². The normalized spacial score (nSPS) is 19.3. The first kappa shape index (κ1) is 23.8. The van der Waals surface area contributed by atoms with E-state index in [9.17, 15) is 14.4 Å². The SMILES string of the molecule is CCN(c1ccc(NC(=O)CCCN2C(=O)c3ccccc3N3C(=O)CCC23C)cc1)C(C)C. The molecule has 2 aromatic carbocycles. The Morgan fingerprint density at radius 3 is 2.50 bits per heavy atom. The predicted molar refractivity (Wildman–Crippen MR) is 135 cm³/mol. The Morgan fingerprint density at radius 2 is 1.82 bits per heavy atom. The van der Waals surface area contributed by atoms with Crippen molar-refractivity contribution in [3.63, 3.8) is 0 Å². The van der Waals surface area contributed by atoms with Crippen LogP contribution in [0.5, 0.6) is 0 Å². The van der Waals surface area contributed by atoms with Gasteiger partial charge in [0.2, 0.25) is 11.8 Å². The summed E-state index contributed by atoms with van der Waals surface area (Å²) in [6.45, 7) is 9.73. The summed E-state index contributed by atoms with van der Waals surface area (Å²) < 4.78 is 0. The van der Waals surface area contributed by atoms with Crippen molar-refractivity contribution in [2.45, 2.75) is 65.1 Å². The van der Waals surface area contributed by atoms with E-state index in [-0.39, 0.29) is 17.7 Å². The van der Waals surface area contributed by atoms with Gasteiger partial charge in [-0.2, -0.15) is 0 Å². The van der Waals surface area contributed by atoms with Crippen molar-refractivity contribution in [1.82, 2.24) is 4.90 Å². The summed E-state index contributed by atoms with van der Waals surface area (Å²) in [5.74, 6) is -0.128. The molecule has 1 N–H and O–H groups in total. The zero-order valence-electron chi connectivity index (χ0n) is 20.5. The molecule has 7 heteroatoms. The molecule has 2 aliphatic heterocycles. The average Bonchev–Trinajstić information content (AvgIpc) is 3.12. The molecule has 0 saturated carbocycles. The third-order valence-corrected chi connectivity index (χ3v) is 6.98. The second-order valence-corrected chi connectivity index (χ2v) is 9.50. The van der Waals surface area contributed by atoms with Gasteiger partial charge in [0.05, 0.1) is 11.3 Å². The Morgan fingerprint density at radius 1 is 1.12 bits per heavy atom. The smallest absolute Gasteiger partial charge is 0.257 e. The van der Waals surface area contributed by atoms with E-state index in [4.69, 9.17) is 0 Å². The highest BCUT2D eigenvalue weighted by molar-refractivity contribution is 6.10. The predicted octanol–water partition coefficient (Wildman–Crippen LogP) is 4.64. The molecule has 1 unspecified atom stereocenters. The molecule has 0 aliphatic carbocycles. The molecule has 4 rings (SSSR count). The van der Waals surface area contributed by atoms with Crippen LogP contribution in [0.3, 0.4) is 0 Å². The monoisotopic (exact) mass is 462 g/mol. The van der Waals surface area contributed by atoms with E-state index < -0.39 is 5.66 Å². The molecule has 2 heterocycles. The van der Waals surface area contributed by atoms with E-state index in [2.05, 4.69) is 31.0 Å². The number of hydrogen-bond acceptors (Lipinski definition) is 4. The number of anilines is 3. The number of hydrogen-bond donors (Lipinski definition) is 1. The highest BCUT2D eigenvalue weighted by Crippen LogP contribution is 2.44. The minimum absolute atomic E-state index is 0.0349. The number of benzene rings is 2. The summed E-state index contributed by atoms with van der Waals surface area (Å²) >= 11 is 0. The van der Waals surface area contributed by atoms with Crippen molar-refractivity contribution in [2.24, 2.45) is 0 Å². The molecule has 2 aliphatic rings. The molecule has 1 saturated heterocycles. The van der Waals surface area contributed by atoms with Crippen LogP contribution in [-0.2, 0) is 9.59 Å². The van der Waals surface area contributed by atoms with E-state index in [0.29, 0.717) is 49.5 Å². The lowest BCUT2D eigenvalue weighted by molar-refractivity contribution is -0.118. The molecule has 0 spiro atoms. The molecular formula is C27H34N4O3. The van der Waals surface area contributed by atoms with E-state index >= 15 is 0 Å². The standard InChI is InChI=1S/C27H34N4O3/c1-5-29(19(2)3)21-14-12-20(13-15-21)28-24(32)11-8-18-30-26(34)22-9-6-7-10-23(22)31-25(33)16-17-27(30,31)4/h6-7,9-10,12-15,19H,5,8,11,16-18H2,1-4H3,(H,28,32). The van der Waals surface area contributed by atoms with Gasteiger partial charge in [-0.3, -0.25) is 19.3 Å². The Kier molecular flexibility index (Phi) is 6.64. The number of fused-ring (bicyclic) bond motifs is 3. The lowest BCUT2D eigenvalue weighted by Crippen LogP contribution is -2.62. The molecule has 3 amide bonds. The van der Waals surface area contributed by atoms with Gasteiger partial charge in [-0.15, -0.1) is 0 Å². The summed E-state index contributed by atoms with van der Waals surface area (Å²) in [4.78, 5) is 44.4. The van der Waals surface area contributed by atoms with Crippen LogP contribution < -0.4 is 15.1 Å². The molecular weight excluding hydrogens is 428 g/mol. The van der Waals surface area contributed by atoms with E-state index in [1.165, 1.54) is 0 Å². The van der Waals surface area contributed by atoms with Crippen molar-refractivity contribution in [3.05, 3.63) is 54.1 Å². The Labute approximate surface area is 201 Å². The molecule has 180 valence electrons. The van der Waals surface area contributed by atoms with Gasteiger partial charge in [0.15, 0.2) is 0 Å². The minimum Gasteiger partial charge on any atom is -0.369 e. The van der Waals surface area contributed by atoms with Gasteiger partial charge in [-0.05, 0) is 76.9 Å². The van der Waals surface area contributed by atoms with Crippen LogP contribution in [0.4, 0.5) is 17.1 Å². The minimum atomic E-state index is -0.684. The topological polar surface area (TPSA) is 73.0 Å². The maximum atomic E-state index is 13.3. The van der Waals surface area contributed by atoms with E-state index in [1.807, 2.05) is 49.4 Å². The van der Waals surface area contributed by atoms with E-state index in [1.54, 1.807) is 15.9 Å². The van der Waals surface area contributed by atoms with Gasteiger partial charge >= 0.3 is 0 Å². The first-order valence-electron chi connectivity index (χ1n) is 12.2. The van der Waals surface area contributed by atoms with Crippen molar-refractivity contribution in [3.8, 4) is 0 Å². The zero-order valence-corrected chi connectivity index (χ0v) is 20.5. The van der Waals surface area contributed by atoms with Crippen LogP contribution in [0, 0.1) is 0 Å². The maximum absolute atomic E-state index is 13.3. The first-order valence-corrected chi connectivity index (χ1v) is 12.2. The van der Waals surface area contributed by atoms with Gasteiger partial charge in [0, 0.05) is 43.3 Å². The number of nitrogens with zero attached hydrogens (tertiary/aromatic N) is 3. The number of amides is 3. The Balaban J connectivity index is 1.38. The summed E-state index contributed by atoms with van der Waals surface area (Å²) in [7, 11) is 0. The van der Waals surface area contributed by atoms with Crippen molar-refractivity contribution < 1.29 is 14.4 Å². The third-order valence-electron chi connectivity index (χ3n) is 6.98. The molecule has 1 fully saturated rings. The summed E-state index contributed by atoms with van der Waals surface area (Å²) in [6.07, 6.45) is 1.82. The average molecular weight is 463 g/mol. The fourth-order valence-corrected chi connectivity index (χ4v) is 5.24. The summed E-state index contributed by atoms with van der Waals surface area (Å²) in [5.41, 5.74) is 2.44. The summed E-state index contributed by atoms with van der Waals surface area (Å²) in [5, 5.41) is 2.96. The number of para-hydroxylation sites is 1. The molecule has 0 aromatic heterocycles. The number of carbonyl (C=O) groups is 3. The van der Waals surface area contributed by atoms with Crippen molar-refractivity contribution in [2.75, 3.05) is 28.2 Å². The second kappa shape index (κ2) is 9.49. The fourth-order valence-electron chi connectivity index (χ4n) is 5.24. The molecule has 0 bridgehead atoms. The van der Waals surface area contributed by atoms with Gasteiger partial charge in [0.1, 0.15) is 5.66 Å². The van der Waals surface area contributed by atoms with Crippen molar-refractivity contribution in [1.29, 1.82) is 0 Å². The third kappa shape index (κ3) is 4.27. The lowest BCUT2D eigenvalue weighted by atomic mass is 9.98. The second-order valence-electron chi connectivity index (χ2n) is 9.50. The van der Waals surface area contributed by atoms with E-state index in [0.717, 1.165) is 17.9 Å². The molecule has 0 radical (unpaired) electrons. The van der Waals surface area contributed by atoms with Gasteiger partial charge in [0.25, 0.3) is 5.91 Å². The van der Waals surface area contributed by atoms with Crippen LogP contribution in [0.1, 0.15) is 63.7 Å². The maximum Gasteiger partial charge on any atom is 0.257 e. The van der Waals surface area contributed by atoms with Gasteiger partial charge in [-0.25, -0.2) is 0 Å². The highest BCUT2D eigenvalue weighted by atomic mass is 16.2. The zero-order chi connectivity index (χ0) is 24.5. The fraction of sp³-hybridized carbons (Fsp3) is 0.444. The molecule has 7 nitrogen and oxygen atoms in total. The number of carbonyl (C=O) groups excluding carboxylic acids is 3. The molecule has 1 atom stereocenters. The Bertz CT molecular complexity index is 1080. The molecule has 2 aromatic rings. The van der Waals surface area contributed by atoms with Gasteiger partial charge in [-0.1, -0.05) is 12.1 Å². The van der Waals surface area contributed by atoms with Crippen LogP contribution in [0.15, 0.2) is 48.5 Å². The van der Waals surface area contributed by atoms with Crippen molar-refractivity contribution >= 4 is 34.8 Å². The number of rotatable bonds is 8. The largest absolute Gasteiger partial charge is 0.369 e. The highest BCUT2D eigenvalue weighted by Gasteiger charge is 2.52. The Hall–Kier alpha value is -3.35. The van der Waals surface area contributed by atoms with Crippen LogP contribution in [0.2, 0.25) is 0 Å². The quantitative estimate of drug-likeness (QED) is 0.620. The number of nitrogens with one attached hydrogen (secondary N) is 1. The lowest BCUT2D eigenvalue weighted by Gasteiger charge is -2.48. The summed E-state index contributed by atoms with van der Waals surface area (Å²) in [6, 6.07) is 15.6. The van der Waals surface area contributed by atoms with Gasteiger partial charge < -0.3 is 15.1 Å². The van der Waals surface area contributed by atoms with Crippen LogP contribution in [-0.4, -0.2) is 47.4 Å².